The lowest BCUT2D eigenvalue weighted by atomic mass is 10.2. The molecule has 1 atom stereocenters. The van der Waals surface area contributed by atoms with E-state index >= 15 is 0 Å². The summed E-state index contributed by atoms with van der Waals surface area (Å²) in [5.74, 6) is -1.80. The summed E-state index contributed by atoms with van der Waals surface area (Å²) in [6, 6.07) is 9.24. The summed E-state index contributed by atoms with van der Waals surface area (Å²) in [5.41, 5.74) is 0.254. The molecule has 0 saturated carbocycles. The molecule has 0 radical (unpaired) electrons. The van der Waals surface area contributed by atoms with E-state index < -0.39 is 23.8 Å². The zero-order valence-corrected chi connectivity index (χ0v) is 13.1. The van der Waals surface area contributed by atoms with E-state index in [-0.39, 0.29) is 11.3 Å². The third-order valence-corrected chi connectivity index (χ3v) is 3.19. The minimum absolute atomic E-state index is 0.115. The number of carbonyl (C=O) groups excluding carboxylic acids is 2. The molecular weight excluding hydrogens is 317 g/mol. The number of nitrogens with one attached hydrogen (secondary N) is 1. The SMILES string of the molecule is COc1ccc(O)c(C(=O)O[C@H](C)C(=O)Nc2ccc(F)cc2)c1. The minimum atomic E-state index is -1.12. The van der Waals surface area contributed by atoms with Crippen LogP contribution >= 0.6 is 0 Å². The number of carbonyl (C=O) groups is 2. The number of methoxy groups -OCH3 is 1. The molecule has 0 unspecified atom stereocenters. The van der Waals surface area contributed by atoms with E-state index in [4.69, 9.17) is 9.47 Å². The van der Waals surface area contributed by atoms with Crippen molar-refractivity contribution in [2.75, 3.05) is 12.4 Å². The van der Waals surface area contributed by atoms with Gasteiger partial charge in [-0.3, -0.25) is 4.79 Å². The lowest BCUT2D eigenvalue weighted by Crippen LogP contribution is -2.30. The van der Waals surface area contributed by atoms with Crippen LogP contribution in [0.1, 0.15) is 17.3 Å². The summed E-state index contributed by atoms with van der Waals surface area (Å²) in [6.45, 7) is 1.38. The van der Waals surface area contributed by atoms with Crippen molar-refractivity contribution in [2.45, 2.75) is 13.0 Å². The Bertz CT molecular complexity index is 745. The van der Waals surface area contributed by atoms with E-state index in [1.807, 2.05) is 0 Å². The fraction of sp³-hybridized carbons (Fsp3) is 0.176. The monoisotopic (exact) mass is 333 g/mol. The summed E-state index contributed by atoms with van der Waals surface area (Å²) in [6.07, 6.45) is -1.12. The Labute approximate surface area is 137 Å². The molecule has 0 bridgehead atoms. The maximum Gasteiger partial charge on any atom is 0.342 e. The lowest BCUT2D eigenvalue weighted by molar-refractivity contribution is -0.123. The Kier molecular flexibility index (Phi) is 5.36. The number of rotatable bonds is 5. The quantitative estimate of drug-likeness (QED) is 0.822. The molecule has 1 amide bonds. The van der Waals surface area contributed by atoms with Crippen LogP contribution in [0.5, 0.6) is 11.5 Å². The molecular formula is C17H16FNO5. The van der Waals surface area contributed by atoms with Crippen molar-refractivity contribution in [2.24, 2.45) is 0 Å². The highest BCUT2D eigenvalue weighted by Crippen LogP contribution is 2.24. The summed E-state index contributed by atoms with van der Waals surface area (Å²) in [5, 5.41) is 12.2. The first-order chi connectivity index (χ1) is 11.4. The second-order valence-electron chi connectivity index (χ2n) is 4.93. The summed E-state index contributed by atoms with van der Waals surface area (Å²) in [7, 11) is 1.42. The molecule has 0 spiro atoms. The molecule has 2 rings (SSSR count). The van der Waals surface area contributed by atoms with Gasteiger partial charge in [0, 0.05) is 5.69 Å². The summed E-state index contributed by atoms with van der Waals surface area (Å²) < 4.78 is 22.8. The van der Waals surface area contributed by atoms with Crippen molar-refractivity contribution < 1.29 is 28.6 Å². The van der Waals surface area contributed by atoms with Crippen molar-refractivity contribution in [3.8, 4) is 11.5 Å². The third-order valence-electron chi connectivity index (χ3n) is 3.19. The van der Waals surface area contributed by atoms with Crippen LogP contribution in [-0.4, -0.2) is 30.2 Å². The van der Waals surface area contributed by atoms with Gasteiger partial charge in [0.15, 0.2) is 6.10 Å². The number of halogens is 1. The maximum absolute atomic E-state index is 12.8. The first kappa shape index (κ1) is 17.3. The second kappa shape index (κ2) is 7.45. The zero-order valence-electron chi connectivity index (χ0n) is 13.1. The number of amides is 1. The molecule has 0 aliphatic rings. The number of anilines is 1. The Morgan fingerprint density at radius 2 is 1.83 bits per heavy atom. The van der Waals surface area contributed by atoms with Gasteiger partial charge in [0.05, 0.1) is 7.11 Å². The highest BCUT2D eigenvalue weighted by molar-refractivity contribution is 5.98. The van der Waals surface area contributed by atoms with Crippen molar-refractivity contribution in [1.82, 2.24) is 0 Å². The molecule has 126 valence electrons. The van der Waals surface area contributed by atoms with Gasteiger partial charge in [0.25, 0.3) is 5.91 Å². The van der Waals surface area contributed by atoms with Gasteiger partial charge in [0.2, 0.25) is 0 Å². The van der Waals surface area contributed by atoms with Gasteiger partial charge < -0.3 is 19.9 Å². The predicted molar refractivity (Wildman–Crippen MR) is 84.6 cm³/mol. The van der Waals surface area contributed by atoms with E-state index in [0.29, 0.717) is 11.4 Å². The average Bonchev–Trinajstić information content (AvgIpc) is 2.57. The van der Waals surface area contributed by atoms with Gasteiger partial charge in [-0.15, -0.1) is 0 Å². The van der Waals surface area contributed by atoms with Crippen molar-refractivity contribution >= 4 is 17.6 Å². The summed E-state index contributed by atoms with van der Waals surface area (Å²) in [4.78, 5) is 24.1. The molecule has 0 saturated heterocycles. The van der Waals surface area contributed by atoms with Crippen molar-refractivity contribution in [3.05, 3.63) is 53.8 Å². The zero-order chi connectivity index (χ0) is 17.7. The Hall–Kier alpha value is -3.09. The molecule has 0 aromatic heterocycles. The van der Waals surface area contributed by atoms with Crippen LogP contribution in [0.25, 0.3) is 0 Å². The fourth-order valence-corrected chi connectivity index (χ4v) is 1.86. The van der Waals surface area contributed by atoms with E-state index in [1.165, 1.54) is 56.5 Å². The van der Waals surface area contributed by atoms with Gasteiger partial charge in [0.1, 0.15) is 22.9 Å². The van der Waals surface area contributed by atoms with Crippen LogP contribution < -0.4 is 10.1 Å². The molecule has 2 aromatic rings. The number of benzene rings is 2. The van der Waals surface area contributed by atoms with Crippen LogP contribution in [0.15, 0.2) is 42.5 Å². The molecule has 24 heavy (non-hydrogen) atoms. The molecule has 0 aliphatic carbocycles. The summed E-state index contributed by atoms with van der Waals surface area (Å²) >= 11 is 0. The standard InChI is InChI=1S/C17H16FNO5/c1-10(16(21)19-12-5-3-11(18)4-6-12)24-17(22)14-9-13(23-2)7-8-15(14)20/h3-10,20H,1-2H3,(H,19,21)/t10-/m1/s1. The average molecular weight is 333 g/mol. The van der Waals surface area contributed by atoms with Gasteiger partial charge in [-0.05, 0) is 49.4 Å². The number of ether oxygens (including phenoxy) is 2. The van der Waals surface area contributed by atoms with Gasteiger partial charge in [-0.25, -0.2) is 9.18 Å². The molecule has 7 heteroatoms. The van der Waals surface area contributed by atoms with E-state index in [1.54, 1.807) is 0 Å². The predicted octanol–water partition coefficient (Wildman–Crippen LogP) is 2.72. The van der Waals surface area contributed by atoms with Gasteiger partial charge in [-0.1, -0.05) is 0 Å². The number of phenols is 1. The van der Waals surface area contributed by atoms with Crippen LogP contribution in [0.2, 0.25) is 0 Å². The van der Waals surface area contributed by atoms with Gasteiger partial charge >= 0.3 is 5.97 Å². The van der Waals surface area contributed by atoms with E-state index in [2.05, 4.69) is 5.32 Å². The largest absolute Gasteiger partial charge is 0.507 e. The number of phenolic OH excluding ortho intramolecular Hbond substituents is 1. The Balaban J connectivity index is 2.02. The minimum Gasteiger partial charge on any atom is -0.507 e. The third kappa shape index (κ3) is 4.22. The van der Waals surface area contributed by atoms with E-state index in [9.17, 15) is 19.1 Å². The molecule has 0 aliphatic heterocycles. The van der Waals surface area contributed by atoms with Crippen LogP contribution in [0, 0.1) is 5.82 Å². The van der Waals surface area contributed by atoms with Gasteiger partial charge in [-0.2, -0.15) is 0 Å². The second-order valence-corrected chi connectivity index (χ2v) is 4.93. The smallest absolute Gasteiger partial charge is 0.342 e. The number of esters is 1. The number of hydrogen-bond acceptors (Lipinski definition) is 5. The number of hydrogen-bond donors (Lipinski definition) is 2. The maximum atomic E-state index is 12.8. The highest BCUT2D eigenvalue weighted by atomic mass is 19.1. The van der Waals surface area contributed by atoms with E-state index in [0.717, 1.165) is 0 Å². The van der Waals surface area contributed by atoms with Crippen molar-refractivity contribution in [3.63, 3.8) is 0 Å². The normalized spacial score (nSPS) is 11.5. The molecule has 0 heterocycles. The molecule has 2 N–H and O–H groups in total. The number of aromatic hydroxyl groups is 1. The van der Waals surface area contributed by atoms with Crippen LogP contribution in [0.4, 0.5) is 10.1 Å². The van der Waals surface area contributed by atoms with Crippen molar-refractivity contribution in [1.29, 1.82) is 0 Å². The first-order valence-electron chi connectivity index (χ1n) is 7.05. The molecule has 6 nitrogen and oxygen atoms in total. The topological polar surface area (TPSA) is 84.9 Å². The lowest BCUT2D eigenvalue weighted by Gasteiger charge is -2.14. The Morgan fingerprint density at radius 1 is 1.17 bits per heavy atom. The first-order valence-corrected chi connectivity index (χ1v) is 7.05. The molecule has 0 fully saturated rings. The van der Waals surface area contributed by atoms with Crippen LogP contribution in [-0.2, 0) is 9.53 Å². The molecule has 2 aromatic carbocycles. The fourth-order valence-electron chi connectivity index (χ4n) is 1.86. The Morgan fingerprint density at radius 3 is 2.46 bits per heavy atom. The highest BCUT2D eigenvalue weighted by Gasteiger charge is 2.21. The van der Waals surface area contributed by atoms with Crippen LogP contribution in [0.3, 0.4) is 0 Å².